The molecule has 0 aliphatic rings. The molecule has 0 saturated heterocycles. The highest BCUT2D eigenvalue weighted by Crippen LogP contribution is 2.39. The zero-order chi connectivity index (χ0) is 9.12. The minimum Gasteiger partial charge on any atom is -0.324 e. The molecule has 0 saturated carbocycles. The van der Waals surface area contributed by atoms with E-state index in [0.717, 1.165) is 0 Å². The third-order valence-electron chi connectivity index (χ3n) is 0.642. The van der Waals surface area contributed by atoms with Crippen molar-refractivity contribution >= 4 is 15.4 Å². The van der Waals surface area contributed by atoms with Crippen LogP contribution in [0.25, 0.3) is 0 Å². The van der Waals surface area contributed by atoms with Gasteiger partial charge in [0.25, 0.3) is 0 Å². The maximum Gasteiger partial charge on any atom is 0.469 e. The van der Waals surface area contributed by atoms with Crippen LogP contribution < -0.4 is 0 Å². The molecule has 0 atom stereocenters. The van der Waals surface area contributed by atoms with Gasteiger partial charge in [0.2, 0.25) is 0 Å². The van der Waals surface area contributed by atoms with Gasteiger partial charge in [-0.05, 0) is 0 Å². The number of hydrogen-bond donors (Lipinski definition) is 4. The van der Waals surface area contributed by atoms with Crippen molar-refractivity contribution in [2.75, 3.05) is 12.8 Å². The van der Waals surface area contributed by atoms with Crippen molar-refractivity contribution < 1.29 is 33.2 Å². The molecule has 0 aliphatic carbocycles. The molecular weight excluding hydrogens is 198 g/mol. The van der Waals surface area contributed by atoms with Crippen LogP contribution in [0, 0.1) is 0 Å². The Hall–Kier alpha value is 0.260. The number of rotatable bonds is 4. The molecule has 9 heteroatoms. The Kier molecular flexibility index (Phi) is 3.87. The molecule has 0 aromatic heterocycles. The summed E-state index contributed by atoms with van der Waals surface area (Å²) in [4.78, 5) is 32.5. The van der Waals surface area contributed by atoms with Gasteiger partial charge in [0.05, 0.1) is 12.8 Å². The van der Waals surface area contributed by atoms with E-state index in [1.807, 2.05) is 0 Å². The van der Waals surface area contributed by atoms with Crippen LogP contribution in [0.4, 0.5) is 0 Å². The Balaban J connectivity index is 3.61. The number of phosphoric ester groups is 1. The van der Waals surface area contributed by atoms with E-state index < -0.39 is 28.2 Å². The fraction of sp³-hybridized carbons (Fsp3) is 1.00. The van der Waals surface area contributed by atoms with Crippen LogP contribution in [0.15, 0.2) is 0 Å². The number of phosphoric acid groups is 1. The Labute approximate surface area is 62.4 Å². The molecule has 0 aromatic rings. The topological polar surface area (TPSA) is 124 Å². The van der Waals surface area contributed by atoms with Gasteiger partial charge in [0.15, 0.2) is 0 Å². The average molecular weight is 206 g/mol. The van der Waals surface area contributed by atoms with Crippen molar-refractivity contribution in [3.8, 4) is 0 Å². The fourth-order valence-corrected chi connectivity index (χ4v) is 1.08. The van der Waals surface area contributed by atoms with Crippen LogP contribution >= 0.6 is 15.4 Å². The standard InChI is InChI=1S/C2H8O7P2/c3-10(4,5)2-1-9-11(6,7)8/h1-2H2,(H2,3,4,5)(H2,6,7,8). The van der Waals surface area contributed by atoms with Gasteiger partial charge in [-0.15, -0.1) is 0 Å². The van der Waals surface area contributed by atoms with Gasteiger partial charge >= 0.3 is 15.4 Å². The van der Waals surface area contributed by atoms with Crippen LogP contribution in [0.3, 0.4) is 0 Å². The normalized spacial score (nSPS) is 13.5. The third-order valence-corrected chi connectivity index (χ3v) is 1.93. The van der Waals surface area contributed by atoms with E-state index in [-0.39, 0.29) is 0 Å². The van der Waals surface area contributed by atoms with Crippen LogP contribution in [0.1, 0.15) is 0 Å². The molecule has 0 heterocycles. The van der Waals surface area contributed by atoms with Gasteiger partial charge in [-0.3, -0.25) is 9.09 Å². The lowest BCUT2D eigenvalue weighted by Crippen LogP contribution is -1.98. The van der Waals surface area contributed by atoms with Crippen molar-refractivity contribution in [1.29, 1.82) is 0 Å². The zero-order valence-electron chi connectivity index (χ0n) is 5.32. The lowest BCUT2D eigenvalue weighted by molar-refractivity contribution is 0.204. The van der Waals surface area contributed by atoms with E-state index in [9.17, 15) is 9.13 Å². The Morgan fingerprint density at radius 2 is 1.55 bits per heavy atom. The second-order valence-corrected chi connectivity index (χ2v) is 4.73. The van der Waals surface area contributed by atoms with E-state index >= 15 is 0 Å². The first-order valence-electron chi connectivity index (χ1n) is 2.45. The molecule has 0 aliphatic heterocycles. The van der Waals surface area contributed by atoms with E-state index in [1.54, 1.807) is 0 Å². The molecule has 0 rings (SSSR count). The molecule has 0 unspecified atom stereocenters. The highest BCUT2D eigenvalue weighted by Gasteiger charge is 2.18. The summed E-state index contributed by atoms with van der Waals surface area (Å²) < 4.78 is 23.8. The smallest absolute Gasteiger partial charge is 0.324 e. The van der Waals surface area contributed by atoms with Crippen LogP contribution in [-0.2, 0) is 13.7 Å². The first-order valence-corrected chi connectivity index (χ1v) is 5.78. The minimum atomic E-state index is -4.60. The first kappa shape index (κ1) is 11.3. The largest absolute Gasteiger partial charge is 0.469 e. The zero-order valence-corrected chi connectivity index (χ0v) is 7.11. The summed E-state index contributed by atoms with van der Waals surface area (Å²) in [6, 6.07) is 0. The first-order chi connectivity index (χ1) is 4.71. The van der Waals surface area contributed by atoms with Crippen LogP contribution in [0.5, 0.6) is 0 Å². The average Bonchev–Trinajstić information content (AvgIpc) is 1.55. The van der Waals surface area contributed by atoms with Gasteiger partial charge in [0, 0.05) is 0 Å². The summed E-state index contributed by atoms with van der Waals surface area (Å²) in [5.74, 6) is 0. The second-order valence-electron chi connectivity index (χ2n) is 1.71. The summed E-state index contributed by atoms with van der Waals surface area (Å²) in [6.07, 6.45) is -0.696. The van der Waals surface area contributed by atoms with Crippen molar-refractivity contribution in [2.24, 2.45) is 0 Å². The van der Waals surface area contributed by atoms with Crippen molar-refractivity contribution in [2.45, 2.75) is 0 Å². The molecule has 0 spiro atoms. The maximum absolute atomic E-state index is 10.1. The summed E-state index contributed by atoms with van der Waals surface area (Å²) in [5, 5.41) is 0. The maximum atomic E-state index is 10.1. The highest BCUT2D eigenvalue weighted by atomic mass is 31.2. The molecular formula is C2H8O7P2. The molecule has 0 amide bonds. The second kappa shape index (κ2) is 3.78. The third kappa shape index (κ3) is 10.3. The van der Waals surface area contributed by atoms with Gasteiger partial charge in [-0.2, -0.15) is 0 Å². The van der Waals surface area contributed by atoms with Crippen molar-refractivity contribution in [1.82, 2.24) is 0 Å². The van der Waals surface area contributed by atoms with Gasteiger partial charge < -0.3 is 19.6 Å². The molecule has 7 nitrogen and oxygen atoms in total. The Morgan fingerprint density at radius 3 is 1.82 bits per heavy atom. The van der Waals surface area contributed by atoms with Crippen molar-refractivity contribution in [3.05, 3.63) is 0 Å². The molecule has 0 aromatic carbocycles. The summed E-state index contributed by atoms with van der Waals surface area (Å²) in [6.45, 7) is -0.658. The molecule has 4 N–H and O–H groups in total. The van der Waals surface area contributed by atoms with E-state index in [2.05, 4.69) is 4.52 Å². The van der Waals surface area contributed by atoms with Crippen LogP contribution in [0.2, 0.25) is 0 Å². The molecule has 0 bridgehead atoms. The van der Waals surface area contributed by atoms with Gasteiger partial charge in [0.1, 0.15) is 0 Å². The lowest BCUT2D eigenvalue weighted by atomic mass is 10.9. The molecule has 11 heavy (non-hydrogen) atoms. The van der Waals surface area contributed by atoms with E-state index in [4.69, 9.17) is 19.6 Å². The Bertz CT molecular complexity index is 176. The minimum absolute atomic E-state index is 0.658. The molecule has 68 valence electrons. The van der Waals surface area contributed by atoms with Gasteiger partial charge in [-0.1, -0.05) is 0 Å². The predicted molar refractivity (Wildman–Crippen MR) is 34.9 cm³/mol. The lowest BCUT2D eigenvalue weighted by Gasteiger charge is -2.05. The van der Waals surface area contributed by atoms with Crippen molar-refractivity contribution in [3.63, 3.8) is 0 Å². The summed E-state index contributed by atoms with van der Waals surface area (Å²) >= 11 is 0. The Morgan fingerprint density at radius 1 is 1.09 bits per heavy atom. The molecule has 0 radical (unpaired) electrons. The van der Waals surface area contributed by atoms with E-state index in [1.165, 1.54) is 0 Å². The van der Waals surface area contributed by atoms with Crippen LogP contribution in [-0.4, -0.2) is 32.3 Å². The number of hydrogen-bond acceptors (Lipinski definition) is 3. The SMILES string of the molecule is O=P(O)(O)CCOP(=O)(O)O. The van der Waals surface area contributed by atoms with E-state index in [0.29, 0.717) is 0 Å². The summed E-state index contributed by atoms with van der Waals surface area (Å²) in [7, 11) is -8.82. The predicted octanol–water partition coefficient (Wildman–Crippen LogP) is -0.727. The monoisotopic (exact) mass is 206 g/mol. The quantitative estimate of drug-likeness (QED) is 0.447. The summed E-state index contributed by atoms with van der Waals surface area (Å²) in [5.41, 5.74) is 0. The molecule has 0 fully saturated rings. The van der Waals surface area contributed by atoms with Gasteiger partial charge in [-0.25, -0.2) is 4.57 Å². The highest BCUT2D eigenvalue weighted by molar-refractivity contribution is 7.51. The fourth-order valence-electron chi connectivity index (χ4n) is 0.279.